The van der Waals surface area contributed by atoms with Crippen molar-refractivity contribution in [1.82, 2.24) is 0 Å². The van der Waals surface area contributed by atoms with Gasteiger partial charge in [-0.1, -0.05) is 18.7 Å². The second-order valence-corrected chi connectivity index (χ2v) is 4.80. The highest BCUT2D eigenvalue weighted by atomic mass is 16.5. The van der Waals surface area contributed by atoms with Crippen molar-refractivity contribution >= 4 is 5.97 Å². The van der Waals surface area contributed by atoms with E-state index >= 15 is 0 Å². The first-order valence-corrected chi connectivity index (χ1v) is 6.39. The standard InChI is InChI=1S/C16H18O4/c1-10-8-12(9-14(15(10)17)16(18)20-3)11-4-6-13(19-2)7-5-11/h4-7,12,17H,1,8-9H2,2-3H3. The minimum atomic E-state index is -0.498. The topological polar surface area (TPSA) is 55.8 Å². The summed E-state index contributed by atoms with van der Waals surface area (Å²) in [5.41, 5.74) is 1.95. The molecule has 0 spiro atoms. The maximum absolute atomic E-state index is 11.7. The molecular weight excluding hydrogens is 256 g/mol. The largest absolute Gasteiger partial charge is 0.507 e. The molecule has 4 heteroatoms. The van der Waals surface area contributed by atoms with Crippen LogP contribution in [-0.2, 0) is 9.53 Å². The Hall–Kier alpha value is -2.23. The summed E-state index contributed by atoms with van der Waals surface area (Å²) in [5.74, 6) is 0.372. The normalized spacial score (nSPS) is 18.9. The second kappa shape index (κ2) is 5.82. The van der Waals surface area contributed by atoms with Gasteiger partial charge in [-0.3, -0.25) is 0 Å². The van der Waals surface area contributed by atoms with Crippen molar-refractivity contribution in [3.63, 3.8) is 0 Å². The van der Waals surface area contributed by atoms with Gasteiger partial charge < -0.3 is 14.6 Å². The van der Waals surface area contributed by atoms with Gasteiger partial charge in [0.25, 0.3) is 0 Å². The average Bonchev–Trinajstić information content (AvgIpc) is 2.49. The summed E-state index contributed by atoms with van der Waals surface area (Å²) in [6.07, 6.45) is 1.07. The molecule has 106 valence electrons. The molecule has 20 heavy (non-hydrogen) atoms. The first-order chi connectivity index (χ1) is 9.56. The summed E-state index contributed by atoms with van der Waals surface area (Å²) in [6, 6.07) is 7.70. The van der Waals surface area contributed by atoms with Crippen molar-refractivity contribution in [1.29, 1.82) is 0 Å². The van der Waals surface area contributed by atoms with Crippen LogP contribution in [0.3, 0.4) is 0 Å². The predicted octanol–water partition coefficient (Wildman–Crippen LogP) is 3.11. The third-order valence-electron chi connectivity index (χ3n) is 3.58. The van der Waals surface area contributed by atoms with E-state index in [-0.39, 0.29) is 11.7 Å². The molecule has 1 aromatic rings. The lowest BCUT2D eigenvalue weighted by Crippen LogP contribution is -2.18. The number of hydrogen-bond donors (Lipinski definition) is 1. The molecule has 0 fully saturated rings. The van der Waals surface area contributed by atoms with Crippen LogP contribution in [0.25, 0.3) is 0 Å². The van der Waals surface area contributed by atoms with Gasteiger partial charge in [-0.2, -0.15) is 0 Å². The number of hydrogen-bond acceptors (Lipinski definition) is 4. The third kappa shape index (κ3) is 2.69. The van der Waals surface area contributed by atoms with E-state index in [1.165, 1.54) is 7.11 Å². The zero-order valence-corrected chi connectivity index (χ0v) is 11.7. The van der Waals surface area contributed by atoms with Crippen molar-refractivity contribution in [3.05, 3.63) is 53.3 Å². The summed E-state index contributed by atoms with van der Waals surface area (Å²) in [4.78, 5) is 11.7. The highest BCUT2D eigenvalue weighted by Gasteiger charge is 2.29. The van der Waals surface area contributed by atoms with Gasteiger partial charge in [-0.15, -0.1) is 0 Å². The van der Waals surface area contributed by atoms with Crippen LogP contribution in [-0.4, -0.2) is 25.3 Å². The lowest BCUT2D eigenvalue weighted by atomic mass is 9.81. The molecule has 0 aliphatic heterocycles. The van der Waals surface area contributed by atoms with E-state index in [1.54, 1.807) is 7.11 Å². The van der Waals surface area contributed by atoms with E-state index in [0.717, 1.165) is 11.3 Å². The van der Waals surface area contributed by atoms with E-state index in [0.29, 0.717) is 24.0 Å². The van der Waals surface area contributed by atoms with Crippen LogP contribution in [0.2, 0.25) is 0 Å². The van der Waals surface area contributed by atoms with Crippen LogP contribution in [0.1, 0.15) is 24.3 Å². The molecular formula is C16H18O4. The Morgan fingerprint density at radius 2 is 1.90 bits per heavy atom. The first-order valence-electron chi connectivity index (χ1n) is 6.39. The zero-order chi connectivity index (χ0) is 14.7. The average molecular weight is 274 g/mol. The van der Waals surface area contributed by atoms with Crippen molar-refractivity contribution in [3.8, 4) is 5.75 Å². The van der Waals surface area contributed by atoms with Crippen molar-refractivity contribution < 1.29 is 19.4 Å². The van der Waals surface area contributed by atoms with E-state index in [2.05, 4.69) is 6.58 Å². The van der Waals surface area contributed by atoms with Gasteiger partial charge in [0.2, 0.25) is 0 Å². The highest BCUT2D eigenvalue weighted by Crippen LogP contribution is 2.38. The molecule has 4 nitrogen and oxygen atoms in total. The number of methoxy groups -OCH3 is 2. The van der Waals surface area contributed by atoms with Crippen molar-refractivity contribution in [2.45, 2.75) is 18.8 Å². The molecule has 1 aliphatic carbocycles. The second-order valence-electron chi connectivity index (χ2n) is 4.80. The number of allylic oxidation sites excluding steroid dienone is 1. The highest BCUT2D eigenvalue weighted by molar-refractivity contribution is 5.90. The van der Waals surface area contributed by atoms with E-state index in [1.807, 2.05) is 24.3 Å². The van der Waals surface area contributed by atoms with Gasteiger partial charge >= 0.3 is 5.97 Å². The Morgan fingerprint density at radius 1 is 1.25 bits per heavy atom. The quantitative estimate of drug-likeness (QED) is 0.860. The Bertz CT molecular complexity index is 554. The zero-order valence-electron chi connectivity index (χ0n) is 11.7. The predicted molar refractivity (Wildman–Crippen MR) is 75.8 cm³/mol. The van der Waals surface area contributed by atoms with Gasteiger partial charge in [-0.25, -0.2) is 4.79 Å². The number of aliphatic hydroxyl groups is 1. The number of carbonyl (C=O) groups is 1. The molecule has 0 radical (unpaired) electrons. The molecule has 1 atom stereocenters. The van der Waals surface area contributed by atoms with E-state index < -0.39 is 5.97 Å². The fourth-order valence-electron chi connectivity index (χ4n) is 2.44. The molecule has 2 rings (SSSR count). The Kier molecular flexibility index (Phi) is 4.13. The maximum atomic E-state index is 11.7. The molecule has 1 aromatic carbocycles. The van der Waals surface area contributed by atoms with Gasteiger partial charge in [0.1, 0.15) is 11.5 Å². The fraction of sp³-hybridized carbons (Fsp3) is 0.312. The summed E-state index contributed by atoms with van der Waals surface area (Å²) >= 11 is 0. The SMILES string of the molecule is C=C1CC(c2ccc(OC)cc2)CC(C(=O)OC)=C1O. The summed E-state index contributed by atoms with van der Waals surface area (Å²) in [5, 5.41) is 9.95. The molecule has 1 N–H and O–H groups in total. The number of esters is 1. The van der Waals surface area contributed by atoms with Gasteiger partial charge in [0.05, 0.1) is 19.8 Å². The van der Waals surface area contributed by atoms with Crippen LogP contribution in [0.5, 0.6) is 5.75 Å². The van der Waals surface area contributed by atoms with Gasteiger partial charge in [0.15, 0.2) is 0 Å². The van der Waals surface area contributed by atoms with E-state index in [9.17, 15) is 9.90 Å². The molecule has 1 aliphatic rings. The van der Waals surface area contributed by atoms with Gasteiger partial charge in [-0.05, 0) is 42.0 Å². The van der Waals surface area contributed by atoms with Crippen LogP contribution in [0.15, 0.2) is 47.7 Å². The monoisotopic (exact) mass is 274 g/mol. The van der Waals surface area contributed by atoms with Crippen LogP contribution in [0, 0.1) is 0 Å². The smallest absolute Gasteiger partial charge is 0.337 e. The fourth-order valence-corrected chi connectivity index (χ4v) is 2.44. The first kappa shape index (κ1) is 14.2. The minimum absolute atomic E-state index is 0.0263. The number of benzene rings is 1. The number of aliphatic hydroxyl groups excluding tert-OH is 1. The lowest BCUT2D eigenvalue weighted by Gasteiger charge is -2.25. The van der Waals surface area contributed by atoms with Crippen molar-refractivity contribution in [2.75, 3.05) is 14.2 Å². The third-order valence-corrected chi connectivity index (χ3v) is 3.58. The molecule has 0 amide bonds. The number of ether oxygens (including phenoxy) is 2. The summed E-state index contributed by atoms with van der Waals surface area (Å²) in [6.45, 7) is 3.83. The summed E-state index contributed by atoms with van der Waals surface area (Å²) in [7, 11) is 2.93. The minimum Gasteiger partial charge on any atom is -0.507 e. The molecule has 0 saturated heterocycles. The maximum Gasteiger partial charge on any atom is 0.337 e. The molecule has 0 saturated carbocycles. The Labute approximate surface area is 118 Å². The molecule has 0 bridgehead atoms. The van der Waals surface area contributed by atoms with Gasteiger partial charge in [0, 0.05) is 0 Å². The Balaban J connectivity index is 2.27. The van der Waals surface area contributed by atoms with Crippen LogP contribution < -0.4 is 4.74 Å². The molecule has 0 heterocycles. The molecule has 1 unspecified atom stereocenters. The Morgan fingerprint density at radius 3 is 2.45 bits per heavy atom. The summed E-state index contributed by atoms with van der Waals surface area (Å²) < 4.78 is 9.84. The number of carbonyl (C=O) groups excluding carboxylic acids is 1. The van der Waals surface area contributed by atoms with Crippen LogP contribution in [0.4, 0.5) is 0 Å². The lowest BCUT2D eigenvalue weighted by molar-refractivity contribution is -0.136. The number of rotatable bonds is 3. The molecule has 0 aromatic heterocycles. The van der Waals surface area contributed by atoms with Crippen molar-refractivity contribution in [2.24, 2.45) is 0 Å². The van der Waals surface area contributed by atoms with E-state index in [4.69, 9.17) is 9.47 Å². The van der Waals surface area contributed by atoms with Crippen LogP contribution >= 0.6 is 0 Å².